The maximum Gasteiger partial charge on any atom is 0.250 e. The molecule has 0 atom stereocenters. The van der Waals surface area contributed by atoms with Crippen molar-refractivity contribution in [1.29, 1.82) is 5.26 Å². The number of nitrogens with two attached hydrogens (primary N) is 1. The minimum atomic E-state index is -0.522. The zero-order valence-corrected chi connectivity index (χ0v) is 8.91. The van der Waals surface area contributed by atoms with Gasteiger partial charge in [0.1, 0.15) is 0 Å². The molecule has 0 aliphatic heterocycles. The third-order valence-electron chi connectivity index (χ3n) is 1.68. The van der Waals surface area contributed by atoms with Gasteiger partial charge >= 0.3 is 0 Å². The van der Waals surface area contributed by atoms with E-state index in [2.05, 4.69) is 20.9 Å². The van der Waals surface area contributed by atoms with E-state index in [1.165, 1.54) is 0 Å². The first kappa shape index (κ1) is 10.7. The molecule has 2 N–H and O–H groups in total. The maximum atomic E-state index is 11.0. The molecule has 14 heavy (non-hydrogen) atoms. The number of nitriles is 1. The topological polar surface area (TPSA) is 79.8 Å². The van der Waals surface area contributed by atoms with Crippen molar-refractivity contribution in [2.45, 2.75) is 12.8 Å². The molecule has 4 nitrogen and oxygen atoms in total. The molecule has 0 spiro atoms. The second kappa shape index (κ2) is 4.72. The summed E-state index contributed by atoms with van der Waals surface area (Å²) in [4.78, 5) is 15.1. The van der Waals surface area contributed by atoms with Gasteiger partial charge in [-0.15, -0.1) is 0 Å². The zero-order chi connectivity index (χ0) is 10.6. The SMILES string of the molecule is N#CCCc1ncc(Br)cc1C(N)=O. The molecule has 0 aromatic carbocycles. The van der Waals surface area contributed by atoms with E-state index in [1.54, 1.807) is 12.3 Å². The molecule has 1 aromatic heterocycles. The summed E-state index contributed by atoms with van der Waals surface area (Å²) in [5, 5.41) is 8.41. The third-order valence-corrected chi connectivity index (χ3v) is 2.11. The van der Waals surface area contributed by atoms with E-state index in [0.29, 0.717) is 28.6 Å². The first-order valence-corrected chi connectivity index (χ1v) is 4.75. The van der Waals surface area contributed by atoms with Gasteiger partial charge in [0.2, 0.25) is 0 Å². The van der Waals surface area contributed by atoms with E-state index in [4.69, 9.17) is 11.0 Å². The van der Waals surface area contributed by atoms with E-state index >= 15 is 0 Å². The number of hydrogen-bond acceptors (Lipinski definition) is 3. The summed E-state index contributed by atoms with van der Waals surface area (Å²) < 4.78 is 0.701. The molecular formula is C9H8BrN3O. The Labute approximate surface area is 89.9 Å². The lowest BCUT2D eigenvalue weighted by molar-refractivity contribution is 0.0999. The average Bonchev–Trinajstić information content (AvgIpc) is 2.15. The molecule has 0 fully saturated rings. The van der Waals surface area contributed by atoms with E-state index in [0.717, 1.165) is 0 Å². The fourth-order valence-corrected chi connectivity index (χ4v) is 1.39. The van der Waals surface area contributed by atoms with Crippen LogP contribution in [-0.4, -0.2) is 10.9 Å². The van der Waals surface area contributed by atoms with Crippen LogP contribution in [0.4, 0.5) is 0 Å². The number of halogens is 1. The first-order chi connectivity index (χ1) is 6.65. The van der Waals surface area contributed by atoms with Crippen LogP contribution in [0.3, 0.4) is 0 Å². The molecule has 0 saturated heterocycles. The van der Waals surface area contributed by atoms with Crippen molar-refractivity contribution < 1.29 is 4.79 Å². The van der Waals surface area contributed by atoms with Gasteiger partial charge in [-0.25, -0.2) is 0 Å². The molecular weight excluding hydrogens is 246 g/mol. The predicted molar refractivity (Wildman–Crippen MR) is 54.4 cm³/mol. The van der Waals surface area contributed by atoms with Crippen LogP contribution in [0.25, 0.3) is 0 Å². The molecule has 1 aromatic rings. The number of primary amides is 1. The molecule has 0 radical (unpaired) electrons. The van der Waals surface area contributed by atoms with Crippen molar-refractivity contribution in [3.05, 3.63) is 28.0 Å². The fraction of sp³-hybridized carbons (Fsp3) is 0.222. The summed E-state index contributed by atoms with van der Waals surface area (Å²) in [7, 11) is 0. The summed E-state index contributed by atoms with van der Waals surface area (Å²) in [5.41, 5.74) is 6.11. The Bertz CT molecular complexity index is 398. The summed E-state index contributed by atoms with van der Waals surface area (Å²) in [6.07, 6.45) is 2.36. The van der Waals surface area contributed by atoms with Gasteiger partial charge in [0.15, 0.2) is 0 Å². The lowest BCUT2D eigenvalue weighted by Crippen LogP contribution is -2.14. The highest BCUT2D eigenvalue weighted by Gasteiger charge is 2.09. The number of aryl methyl sites for hydroxylation is 1. The highest BCUT2D eigenvalue weighted by molar-refractivity contribution is 9.10. The van der Waals surface area contributed by atoms with Gasteiger partial charge in [-0.2, -0.15) is 5.26 Å². The number of amides is 1. The van der Waals surface area contributed by atoms with Crippen molar-refractivity contribution >= 4 is 21.8 Å². The van der Waals surface area contributed by atoms with E-state index in [1.807, 2.05) is 6.07 Å². The highest BCUT2D eigenvalue weighted by atomic mass is 79.9. The van der Waals surface area contributed by atoms with Gasteiger partial charge in [0.05, 0.1) is 17.3 Å². The number of carbonyl (C=O) groups excluding carboxylic acids is 1. The van der Waals surface area contributed by atoms with Crippen LogP contribution in [0.1, 0.15) is 22.5 Å². The van der Waals surface area contributed by atoms with Crippen molar-refractivity contribution in [3.63, 3.8) is 0 Å². The Morgan fingerprint density at radius 1 is 1.71 bits per heavy atom. The Hall–Kier alpha value is -1.41. The summed E-state index contributed by atoms with van der Waals surface area (Å²) in [6.45, 7) is 0. The third kappa shape index (κ3) is 2.54. The van der Waals surface area contributed by atoms with E-state index < -0.39 is 5.91 Å². The van der Waals surface area contributed by atoms with E-state index in [-0.39, 0.29) is 0 Å². The smallest absolute Gasteiger partial charge is 0.250 e. The molecule has 0 saturated carbocycles. The fourth-order valence-electron chi connectivity index (χ4n) is 1.05. The number of aromatic nitrogens is 1. The van der Waals surface area contributed by atoms with Crippen LogP contribution >= 0.6 is 15.9 Å². The van der Waals surface area contributed by atoms with Crippen LogP contribution in [0.2, 0.25) is 0 Å². The Balaban J connectivity index is 3.03. The lowest BCUT2D eigenvalue weighted by atomic mass is 10.1. The number of nitrogens with zero attached hydrogens (tertiary/aromatic N) is 2. The number of hydrogen-bond donors (Lipinski definition) is 1. The average molecular weight is 254 g/mol. The molecule has 5 heteroatoms. The number of carbonyl (C=O) groups is 1. The van der Waals surface area contributed by atoms with Gasteiger partial charge < -0.3 is 5.73 Å². The quantitative estimate of drug-likeness (QED) is 0.885. The van der Waals surface area contributed by atoms with Crippen molar-refractivity contribution in [2.75, 3.05) is 0 Å². The monoisotopic (exact) mass is 253 g/mol. The summed E-state index contributed by atoms with van der Waals surface area (Å²) in [6, 6.07) is 3.61. The minimum absolute atomic E-state index is 0.328. The van der Waals surface area contributed by atoms with Crippen LogP contribution in [0.5, 0.6) is 0 Å². The molecule has 0 aliphatic rings. The van der Waals surface area contributed by atoms with Crippen LogP contribution in [0.15, 0.2) is 16.7 Å². The van der Waals surface area contributed by atoms with Gasteiger partial charge in [-0.3, -0.25) is 9.78 Å². The second-order valence-corrected chi connectivity index (χ2v) is 3.59. The number of pyridine rings is 1. The van der Waals surface area contributed by atoms with E-state index in [9.17, 15) is 4.79 Å². The maximum absolute atomic E-state index is 11.0. The standard InChI is InChI=1S/C9H8BrN3O/c10-6-4-7(9(12)14)8(13-5-6)2-1-3-11/h4-5H,1-2H2,(H2,12,14). The first-order valence-electron chi connectivity index (χ1n) is 3.96. The lowest BCUT2D eigenvalue weighted by Gasteiger charge is -2.03. The highest BCUT2D eigenvalue weighted by Crippen LogP contribution is 2.14. The Morgan fingerprint density at radius 3 is 3.00 bits per heavy atom. The molecule has 1 amide bonds. The minimum Gasteiger partial charge on any atom is -0.366 e. The van der Waals surface area contributed by atoms with Gasteiger partial charge in [0.25, 0.3) is 5.91 Å². The summed E-state index contributed by atoms with van der Waals surface area (Å²) in [5.74, 6) is -0.522. The zero-order valence-electron chi connectivity index (χ0n) is 7.33. The van der Waals surface area contributed by atoms with Crippen molar-refractivity contribution in [3.8, 4) is 6.07 Å². The Morgan fingerprint density at radius 2 is 2.43 bits per heavy atom. The molecule has 1 rings (SSSR count). The molecule has 0 unspecified atom stereocenters. The second-order valence-electron chi connectivity index (χ2n) is 2.67. The molecule has 1 heterocycles. The Kier molecular flexibility index (Phi) is 3.60. The predicted octanol–water partition coefficient (Wildman–Crippen LogP) is 1.40. The largest absolute Gasteiger partial charge is 0.366 e. The van der Waals surface area contributed by atoms with Gasteiger partial charge in [-0.1, -0.05) is 0 Å². The molecule has 0 bridgehead atoms. The van der Waals surface area contributed by atoms with Crippen LogP contribution < -0.4 is 5.73 Å². The van der Waals surface area contributed by atoms with Crippen molar-refractivity contribution in [1.82, 2.24) is 4.98 Å². The van der Waals surface area contributed by atoms with Gasteiger partial charge in [0, 0.05) is 23.5 Å². The summed E-state index contributed by atoms with van der Waals surface area (Å²) >= 11 is 3.20. The van der Waals surface area contributed by atoms with Gasteiger partial charge in [-0.05, 0) is 22.0 Å². The normalized spacial score (nSPS) is 9.43. The number of rotatable bonds is 3. The molecule has 72 valence electrons. The van der Waals surface area contributed by atoms with Crippen LogP contribution in [-0.2, 0) is 6.42 Å². The van der Waals surface area contributed by atoms with Crippen LogP contribution in [0, 0.1) is 11.3 Å². The molecule has 0 aliphatic carbocycles. The van der Waals surface area contributed by atoms with Crippen molar-refractivity contribution in [2.24, 2.45) is 5.73 Å².